The molecule has 4 aromatic heterocycles. The molecular formula is C19H15N7S. The number of H-pyrrole nitrogens is 1. The molecule has 0 saturated heterocycles. The van der Waals surface area contributed by atoms with Crippen LogP contribution in [0.2, 0.25) is 0 Å². The first-order chi connectivity index (χ1) is 13.3. The summed E-state index contributed by atoms with van der Waals surface area (Å²) in [5, 5.41) is 16.8. The van der Waals surface area contributed by atoms with Crippen molar-refractivity contribution in [2.45, 2.75) is 6.54 Å². The molecule has 5 rings (SSSR count). The third kappa shape index (κ3) is 3.18. The number of thiophene rings is 1. The van der Waals surface area contributed by atoms with Crippen molar-refractivity contribution in [3.8, 4) is 0 Å². The zero-order valence-corrected chi connectivity index (χ0v) is 15.0. The fourth-order valence-corrected chi connectivity index (χ4v) is 3.63. The largest absolute Gasteiger partial charge is 0.348 e. The lowest BCUT2D eigenvalue weighted by atomic mass is 10.2. The molecule has 4 heterocycles. The van der Waals surface area contributed by atoms with Crippen LogP contribution >= 0.6 is 11.3 Å². The maximum atomic E-state index is 4.68. The van der Waals surface area contributed by atoms with Gasteiger partial charge >= 0.3 is 0 Å². The highest BCUT2D eigenvalue weighted by Gasteiger charge is 2.10. The molecular weight excluding hydrogens is 358 g/mol. The van der Waals surface area contributed by atoms with Gasteiger partial charge in [0.1, 0.15) is 0 Å². The van der Waals surface area contributed by atoms with Gasteiger partial charge in [0.25, 0.3) is 0 Å². The molecule has 0 aliphatic rings. The minimum absolute atomic E-state index is 0.566. The Labute approximate surface area is 158 Å². The van der Waals surface area contributed by atoms with Crippen LogP contribution in [0.15, 0.2) is 60.2 Å². The summed E-state index contributed by atoms with van der Waals surface area (Å²) in [6, 6.07) is 13.9. The molecule has 0 radical (unpaired) electrons. The predicted octanol–water partition coefficient (Wildman–Crippen LogP) is 4.32. The fraction of sp³-hybridized carbons (Fsp3) is 0.0526. The molecule has 7 nitrogen and oxygen atoms in total. The van der Waals surface area contributed by atoms with E-state index in [1.807, 2.05) is 47.8 Å². The van der Waals surface area contributed by atoms with Gasteiger partial charge in [-0.3, -0.25) is 10.1 Å². The molecule has 27 heavy (non-hydrogen) atoms. The second kappa shape index (κ2) is 6.65. The van der Waals surface area contributed by atoms with E-state index in [0.29, 0.717) is 12.5 Å². The molecule has 0 spiro atoms. The Balaban J connectivity index is 1.46. The van der Waals surface area contributed by atoms with Gasteiger partial charge in [0.2, 0.25) is 5.95 Å². The average Bonchev–Trinajstić information content (AvgIpc) is 3.36. The molecule has 0 unspecified atom stereocenters. The van der Waals surface area contributed by atoms with Crippen LogP contribution in [0.25, 0.3) is 21.1 Å². The Kier molecular flexibility index (Phi) is 3.87. The number of anilines is 3. The van der Waals surface area contributed by atoms with Gasteiger partial charge in [0.15, 0.2) is 5.82 Å². The Hall–Kier alpha value is -3.52. The van der Waals surface area contributed by atoms with Crippen LogP contribution in [0.4, 0.5) is 17.5 Å². The molecule has 0 fully saturated rings. The van der Waals surface area contributed by atoms with Gasteiger partial charge in [-0.15, -0.1) is 11.3 Å². The molecule has 1 aromatic carbocycles. The van der Waals surface area contributed by atoms with Gasteiger partial charge in [0, 0.05) is 17.3 Å². The zero-order chi connectivity index (χ0) is 18.1. The minimum atomic E-state index is 0.566. The molecule has 5 aromatic rings. The quantitative estimate of drug-likeness (QED) is 0.425. The number of nitrogens with one attached hydrogen (secondary N) is 3. The average molecular weight is 373 g/mol. The summed E-state index contributed by atoms with van der Waals surface area (Å²) >= 11 is 1.62. The number of aromatic amines is 1. The van der Waals surface area contributed by atoms with Crippen molar-refractivity contribution in [2.24, 2.45) is 0 Å². The number of rotatable bonds is 5. The summed E-state index contributed by atoms with van der Waals surface area (Å²) in [7, 11) is 0. The van der Waals surface area contributed by atoms with E-state index in [1.54, 1.807) is 23.7 Å². The van der Waals surface area contributed by atoms with Crippen LogP contribution < -0.4 is 10.6 Å². The van der Waals surface area contributed by atoms with E-state index in [4.69, 9.17) is 0 Å². The maximum Gasteiger partial charge on any atom is 0.225 e. The maximum absolute atomic E-state index is 4.68. The van der Waals surface area contributed by atoms with Crippen molar-refractivity contribution < 1.29 is 0 Å². The van der Waals surface area contributed by atoms with Crippen LogP contribution in [0, 0.1) is 0 Å². The highest BCUT2D eigenvalue weighted by Crippen LogP contribution is 2.30. The third-order valence-corrected chi connectivity index (χ3v) is 5.07. The van der Waals surface area contributed by atoms with Crippen molar-refractivity contribution in [3.05, 3.63) is 65.9 Å². The smallest absolute Gasteiger partial charge is 0.225 e. The number of hydrogen-bond donors (Lipinski definition) is 3. The molecule has 0 bridgehead atoms. The van der Waals surface area contributed by atoms with E-state index in [0.717, 1.165) is 38.3 Å². The van der Waals surface area contributed by atoms with Crippen molar-refractivity contribution in [1.29, 1.82) is 0 Å². The Bertz CT molecular complexity index is 1210. The van der Waals surface area contributed by atoms with Crippen LogP contribution in [0.5, 0.6) is 0 Å². The molecule has 0 saturated carbocycles. The number of pyridine rings is 1. The second-order valence-corrected chi connectivity index (χ2v) is 6.92. The number of fused-ring (bicyclic) bond motifs is 2. The van der Waals surface area contributed by atoms with Gasteiger partial charge < -0.3 is 10.6 Å². The number of nitrogens with zero attached hydrogens (tertiary/aromatic N) is 4. The molecule has 132 valence electrons. The van der Waals surface area contributed by atoms with Crippen molar-refractivity contribution in [3.63, 3.8) is 0 Å². The highest BCUT2D eigenvalue weighted by molar-refractivity contribution is 7.17. The van der Waals surface area contributed by atoms with Gasteiger partial charge in [0.05, 0.1) is 34.2 Å². The minimum Gasteiger partial charge on any atom is -0.348 e. The summed E-state index contributed by atoms with van der Waals surface area (Å²) in [4.78, 5) is 13.6. The van der Waals surface area contributed by atoms with E-state index >= 15 is 0 Å². The standard InChI is InChI=1S/C19H15N7S/c1-2-7-20-14(3-1)11-21-19-24-16-6-8-27-17(16)18(25-19)23-13-4-5-15-12(9-13)10-22-26-15/h1-10H,11H2,(H,22,26)(H2,21,23,24,25). The van der Waals surface area contributed by atoms with Crippen LogP contribution in [-0.2, 0) is 6.54 Å². The van der Waals surface area contributed by atoms with E-state index in [2.05, 4.69) is 35.8 Å². The van der Waals surface area contributed by atoms with Gasteiger partial charge in [-0.05, 0) is 41.8 Å². The van der Waals surface area contributed by atoms with E-state index in [1.165, 1.54) is 0 Å². The topological polar surface area (TPSA) is 91.4 Å². The molecule has 0 aliphatic carbocycles. The van der Waals surface area contributed by atoms with E-state index in [9.17, 15) is 0 Å². The first kappa shape index (κ1) is 15.7. The molecule has 0 aliphatic heterocycles. The Morgan fingerprint density at radius 1 is 1.07 bits per heavy atom. The summed E-state index contributed by atoms with van der Waals surface area (Å²) < 4.78 is 1.02. The molecule has 0 amide bonds. The van der Waals surface area contributed by atoms with Crippen LogP contribution in [0.1, 0.15) is 5.69 Å². The number of benzene rings is 1. The fourth-order valence-electron chi connectivity index (χ4n) is 2.86. The van der Waals surface area contributed by atoms with Crippen molar-refractivity contribution in [2.75, 3.05) is 10.6 Å². The summed E-state index contributed by atoms with van der Waals surface area (Å²) in [5.41, 5.74) is 3.80. The van der Waals surface area contributed by atoms with Crippen molar-refractivity contribution >= 4 is 49.9 Å². The van der Waals surface area contributed by atoms with Crippen LogP contribution in [0.3, 0.4) is 0 Å². The first-order valence-corrected chi connectivity index (χ1v) is 9.32. The highest BCUT2D eigenvalue weighted by atomic mass is 32.1. The SMILES string of the molecule is c1ccc(CNc2nc(Nc3ccc4[nH]ncc4c3)c3sccc3n2)nc1. The summed E-state index contributed by atoms with van der Waals surface area (Å²) in [6.07, 6.45) is 3.58. The lowest BCUT2D eigenvalue weighted by Gasteiger charge is -2.10. The monoisotopic (exact) mass is 373 g/mol. The number of aromatic nitrogens is 5. The second-order valence-electron chi connectivity index (χ2n) is 6.00. The predicted molar refractivity (Wildman–Crippen MR) is 108 cm³/mol. The van der Waals surface area contributed by atoms with Gasteiger partial charge in [-0.1, -0.05) is 6.07 Å². The Morgan fingerprint density at radius 2 is 2.07 bits per heavy atom. The molecule has 3 N–H and O–H groups in total. The Morgan fingerprint density at radius 3 is 3.00 bits per heavy atom. The normalized spacial score (nSPS) is 11.1. The number of hydrogen-bond acceptors (Lipinski definition) is 7. The summed E-state index contributed by atoms with van der Waals surface area (Å²) in [6.45, 7) is 0.566. The molecule has 8 heteroatoms. The third-order valence-electron chi connectivity index (χ3n) is 4.16. The first-order valence-electron chi connectivity index (χ1n) is 8.44. The van der Waals surface area contributed by atoms with Gasteiger partial charge in [-0.25, -0.2) is 4.98 Å². The van der Waals surface area contributed by atoms with E-state index < -0.39 is 0 Å². The van der Waals surface area contributed by atoms with E-state index in [-0.39, 0.29) is 0 Å². The van der Waals surface area contributed by atoms with Gasteiger partial charge in [-0.2, -0.15) is 10.1 Å². The summed E-state index contributed by atoms with van der Waals surface area (Å²) in [5.74, 6) is 1.35. The van der Waals surface area contributed by atoms with Crippen LogP contribution in [-0.4, -0.2) is 25.1 Å². The molecule has 0 atom stereocenters. The van der Waals surface area contributed by atoms with Crippen molar-refractivity contribution in [1.82, 2.24) is 25.1 Å². The lowest BCUT2D eigenvalue weighted by molar-refractivity contribution is 1.01. The zero-order valence-electron chi connectivity index (χ0n) is 14.2. The lowest BCUT2D eigenvalue weighted by Crippen LogP contribution is -2.06.